The van der Waals surface area contributed by atoms with Crippen LogP contribution >= 0.6 is 11.6 Å². The van der Waals surface area contributed by atoms with Gasteiger partial charge in [0, 0.05) is 6.54 Å². The van der Waals surface area contributed by atoms with Crippen LogP contribution in [0, 0.1) is 5.82 Å². The molecule has 0 spiro atoms. The van der Waals surface area contributed by atoms with Gasteiger partial charge in [-0.1, -0.05) is 11.6 Å². The van der Waals surface area contributed by atoms with E-state index >= 15 is 0 Å². The first-order valence-electron chi connectivity index (χ1n) is 6.22. The van der Waals surface area contributed by atoms with Crippen molar-refractivity contribution in [1.29, 1.82) is 0 Å². The number of ketones is 1. The molecule has 21 heavy (non-hydrogen) atoms. The number of carbonyl (C=O) groups is 2. The molecule has 1 aromatic carbocycles. The predicted molar refractivity (Wildman–Crippen MR) is 77.0 cm³/mol. The highest BCUT2D eigenvalue weighted by Crippen LogP contribution is 2.33. The molecule has 0 aromatic heterocycles. The third-order valence-corrected chi connectivity index (χ3v) is 5.81. The van der Waals surface area contributed by atoms with Crippen LogP contribution in [0.1, 0.15) is 24.2 Å². The molecule has 0 saturated carbocycles. The Bertz CT molecular complexity index is 730. The minimum atomic E-state index is -3.37. The predicted octanol–water partition coefficient (Wildman–Crippen LogP) is 1.83. The van der Waals surface area contributed by atoms with Gasteiger partial charge in [-0.25, -0.2) is 12.8 Å². The highest BCUT2D eigenvalue weighted by atomic mass is 35.5. The van der Waals surface area contributed by atoms with Crippen molar-refractivity contribution in [2.45, 2.75) is 19.1 Å². The van der Waals surface area contributed by atoms with E-state index in [1.54, 1.807) is 0 Å². The van der Waals surface area contributed by atoms with Gasteiger partial charge in [-0.2, -0.15) is 0 Å². The van der Waals surface area contributed by atoms with Gasteiger partial charge >= 0.3 is 0 Å². The number of hydrogen-bond acceptors (Lipinski definition) is 4. The van der Waals surface area contributed by atoms with E-state index in [0.29, 0.717) is 0 Å². The zero-order valence-corrected chi connectivity index (χ0v) is 13.0. The van der Waals surface area contributed by atoms with E-state index in [1.807, 2.05) is 0 Å². The van der Waals surface area contributed by atoms with Crippen LogP contribution in [0.3, 0.4) is 0 Å². The third kappa shape index (κ3) is 2.80. The molecule has 5 nitrogen and oxygen atoms in total. The number of rotatable bonds is 4. The Morgan fingerprint density at radius 1 is 1.29 bits per heavy atom. The molecule has 1 heterocycles. The first-order valence-corrected chi connectivity index (χ1v) is 8.31. The van der Waals surface area contributed by atoms with Crippen molar-refractivity contribution in [1.82, 2.24) is 0 Å². The number of halogens is 2. The van der Waals surface area contributed by atoms with Crippen molar-refractivity contribution in [3.05, 3.63) is 28.5 Å². The largest absolute Gasteiger partial charge is 0.304 e. The smallest absolute Gasteiger partial charge is 0.299 e. The molecule has 1 amide bonds. The number of anilines is 1. The van der Waals surface area contributed by atoms with Crippen molar-refractivity contribution < 1.29 is 22.4 Å². The summed E-state index contributed by atoms with van der Waals surface area (Å²) in [7, 11) is -3.37. The summed E-state index contributed by atoms with van der Waals surface area (Å²) in [5.74, 6) is -2.75. The number of benzene rings is 1. The summed E-state index contributed by atoms with van der Waals surface area (Å²) >= 11 is 5.59. The van der Waals surface area contributed by atoms with Crippen LogP contribution in [-0.2, 0) is 14.6 Å². The van der Waals surface area contributed by atoms with Gasteiger partial charge in [0.25, 0.3) is 11.7 Å². The number of Topliss-reactive ketones (excluding diaryl/α,β-unsaturated/α-hetero) is 1. The van der Waals surface area contributed by atoms with E-state index in [9.17, 15) is 22.4 Å². The molecule has 0 N–H and O–H groups in total. The van der Waals surface area contributed by atoms with Crippen molar-refractivity contribution in [3.63, 3.8) is 0 Å². The normalized spacial score (nSPS) is 15.0. The van der Waals surface area contributed by atoms with Crippen LogP contribution in [0.4, 0.5) is 10.1 Å². The second kappa shape index (κ2) is 5.38. The molecule has 0 radical (unpaired) electrons. The lowest BCUT2D eigenvalue weighted by atomic mass is 10.1. The van der Waals surface area contributed by atoms with Crippen LogP contribution in [0.15, 0.2) is 12.1 Å². The van der Waals surface area contributed by atoms with E-state index in [2.05, 4.69) is 0 Å². The lowest BCUT2D eigenvalue weighted by Gasteiger charge is -2.17. The Balaban J connectivity index is 2.34. The van der Waals surface area contributed by atoms with Gasteiger partial charge in [0.2, 0.25) is 0 Å². The molecule has 0 atom stereocenters. The minimum Gasteiger partial charge on any atom is -0.304 e. The minimum absolute atomic E-state index is 0.00616. The Kier molecular flexibility index (Phi) is 4.08. The van der Waals surface area contributed by atoms with E-state index < -0.39 is 32.6 Å². The number of fused-ring (bicyclic) bond motifs is 1. The molecule has 0 fully saturated rings. The number of carbonyl (C=O) groups excluding carboxylic acids is 2. The molecule has 0 bridgehead atoms. The van der Waals surface area contributed by atoms with Gasteiger partial charge in [0.15, 0.2) is 9.84 Å². The zero-order chi connectivity index (χ0) is 15.9. The molecular formula is C13H13ClFNO4S. The van der Waals surface area contributed by atoms with Gasteiger partial charge in [-0.3, -0.25) is 9.59 Å². The molecule has 1 aliphatic rings. The zero-order valence-electron chi connectivity index (χ0n) is 11.4. The number of hydrogen-bond donors (Lipinski definition) is 0. The maximum absolute atomic E-state index is 13.5. The molecule has 0 unspecified atom stereocenters. The molecule has 114 valence electrons. The molecule has 1 aromatic rings. The van der Waals surface area contributed by atoms with Crippen molar-refractivity contribution in [2.24, 2.45) is 0 Å². The third-order valence-electron chi connectivity index (χ3n) is 3.33. The average molecular weight is 334 g/mol. The molecule has 2 rings (SSSR count). The topological polar surface area (TPSA) is 71.5 Å². The summed E-state index contributed by atoms with van der Waals surface area (Å²) in [5.41, 5.74) is 0.0548. The lowest BCUT2D eigenvalue weighted by Crippen LogP contribution is -2.35. The monoisotopic (exact) mass is 333 g/mol. The second-order valence-electron chi connectivity index (χ2n) is 4.99. The SMILES string of the molecule is CC(C)S(=O)(=O)CCN1C(=O)C(=O)c2cc(Cl)c(F)cc21. The second-order valence-corrected chi connectivity index (χ2v) is 8.07. The average Bonchev–Trinajstić information content (AvgIpc) is 2.61. The fraction of sp³-hybridized carbons (Fsp3) is 0.385. The summed E-state index contributed by atoms with van der Waals surface area (Å²) in [4.78, 5) is 24.7. The molecule has 1 aliphatic heterocycles. The maximum Gasteiger partial charge on any atom is 0.299 e. The highest BCUT2D eigenvalue weighted by molar-refractivity contribution is 7.92. The van der Waals surface area contributed by atoms with Crippen LogP contribution in [-0.4, -0.2) is 37.7 Å². The quantitative estimate of drug-likeness (QED) is 0.788. The lowest BCUT2D eigenvalue weighted by molar-refractivity contribution is -0.114. The highest BCUT2D eigenvalue weighted by Gasteiger charge is 2.37. The van der Waals surface area contributed by atoms with Crippen LogP contribution in [0.5, 0.6) is 0 Å². The van der Waals surface area contributed by atoms with E-state index in [4.69, 9.17) is 11.6 Å². The fourth-order valence-corrected chi connectivity index (χ4v) is 3.04. The van der Waals surface area contributed by atoms with Crippen molar-refractivity contribution >= 4 is 38.8 Å². The van der Waals surface area contributed by atoms with E-state index in [-0.39, 0.29) is 28.6 Å². The van der Waals surface area contributed by atoms with Gasteiger partial charge < -0.3 is 4.90 Å². The Labute approximate surface area is 126 Å². The van der Waals surface area contributed by atoms with E-state index in [1.165, 1.54) is 13.8 Å². The first kappa shape index (κ1) is 15.9. The van der Waals surface area contributed by atoms with Crippen molar-refractivity contribution in [3.8, 4) is 0 Å². The van der Waals surface area contributed by atoms with Gasteiger partial charge in [0.05, 0.1) is 27.3 Å². The van der Waals surface area contributed by atoms with Crippen molar-refractivity contribution in [2.75, 3.05) is 17.2 Å². The molecule has 8 heteroatoms. The Morgan fingerprint density at radius 2 is 1.90 bits per heavy atom. The molecule has 0 aliphatic carbocycles. The standard InChI is InChI=1S/C13H13ClFNO4S/c1-7(2)21(19,20)4-3-16-11-6-10(15)9(14)5-8(11)12(17)13(16)18/h5-7H,3-4H2,1-2H3. The van der Waals surface area contributed by atoms with Gasteiger partial charge in [0.1, 0.15) is 5.82 Å². The first-order chi connectivity index (χ1) is 9.65. The number of sulfone groups is 1. The maximum atomic E-state index is 13.5. The van der Waals surface area contributed by atoms with Crippen LogP contribution < -0.4 is 4.90 Å². The van der Waals surface area contributed by atoms with Crippen LogP contribution in [0.2, 0.25) is 5.02 Å². The summed E-state index contributed by atoms with van der Waals surface area (Å²) in [6.45, 7) is 2.86. The Morgan fingerprint density at radius 3 is 2.48 bits per heavy atom. The van der Waals surface area contributed by atoms with Crippen LogP contribution in [0.25, 0.3) is 0 Å². The fourth-order valence-electron chi connectivity index (χ4n) is 1.96. The summed E-state index contributed by atoms with van der Waals surface area (Å²) in [5, 5.41) is -0.848. The molecule has 0 saturated heterocycles. The van der Waals surface area contributed by atoms with Gasteiger partial charge in [-0.05, 0) is 26.0 Å². The summed E-state index contributed by atoms with van der Waals surface area (Å²) in [6.07, 6.45) is 0. The molecular weight excluding hydrogens is 321 g/mol. The Hall–Kier alpha value is -1.47. The number of amides is 1. The van der Waals surface area contributed by atoms with Gasteiger partial charge in [-0.15, -0.1) is 0 Å². The summed E-state index contributed by atoms with van der Waals surface area (Å²) < 4.78 is 37.1. The number of nitrogens with zero attached hydrogens (tertiary/aromatic N) is 1. The summed E-state index contributed by atoms with van der Waals surface area (Å²) in [6, 6.07) is 2.06. The van der Waals surface area contributed by atoms with E-state index in [0.717, 1.165) is 17.0 Å².